The molecule has 0 saturated carbocycles. The fraction of sp³-hybridized carbons (Fsp3) is 0.227. The molecule has 1 aliphatic rings. The lowest BCUT2D eigenvalue weighted by atomic mass is 10.0. The van der Waals surface area contributed by atoms with Crippen LogP contribution in [0.25, 0.3) is 6.08 Å². The number of hydrogen-bond donors (Lipinski definition) is 1. The van der Waals surface area contributed by atoms with Crippen molar-refractivity contribution in [3.8, 4) is 11.5 Å². The Labute approximate surface area is 174 Å². The van der Waals surface area contributed by atoms with Crippen molar-refractivity contribution in [3.05, 3.63) is 64.1 Å². The van der Waals surface area contributed by atoms with Gasteiger partial charge in [0.05, 0.1) is 25.3 Å². The summed E-state index contributed by atoms with van der Waals surface area (Å²) in [4.78, 5) is 12.8. The van der Waals surface area contributed by atoms with Gasteiger partial charge in [0.25, 0.3) is 5.91 Å². The Morgan fingerprint density at radius 3 is 2.48 bits per heavy atom. The summed E-state index contributed by atoms with van der Waals surface area (Å²) in [5.74, 6) is 1.58. The second kappa shape index (κ2) is 9.43. The number of rotatable bonds is 6. The van der Waals surface area contributed by atoms with Crippen molar-refractivity contribution in [1.29, 1.82) is 0 Å². The number of ether oxygens (including phenoxy) is 2. The lowest BCUT2D eigenvalue weighted by Gasteiger charge is -2.07. The molecule has 1 N–H and O–H groups in total. The highest BCUT2D eigenvalue weighted by atomic mass is 32.2. The van der Waals surface area contributed by atoms with Gasteiger partial charge in [0, 0.05) is 11.6 Å². The van der Waals surface area contributed by atoms with Gasteiger partial charge in [-0.3, -0.25) is 10.1 Å². The van der Waals surface area contributed by atoms with Crippen LogP contribution in [0.3, 0.4) is 0 Å². The summed E-state index contributed by atoms with van der Waals surface area (Å²) >= 11 is 1.23. The smallest absolute Gasteiger partial charge is 0.264 e. The van der Waals surface area contributed by atoms with Crippen LogP contribution in [0.5, 0.6) is 11.5 Å². The van der Waals surface area contributed by atoms with Crippen molar-refractivity contribution in [2.75, 3.05) is 14.2 Å². The van der Waals surface area contributed by atoms with Gasteiger partial charge in [0.15, 0.2) is 5.17 Å². The van der Waals surface area contributed by atoms with Crippen LogP contribution in [0, 0.1) is 0 Å². The molecule has 3 rings (SSSR count). The zero-order chi connectivity index (χ0) is 20.8. The maximum absolute atomic E-state index is 12.2. The highest BCUT2D eigenvalue weighted by molar-refractivity contribution is 8.18. The summed E-state index contributed by atoms with van der Waals surface area (Å²) in [6, 6.07) is 13.6. The van der Waals surface area contributed by atoms with Crippen molar-refractivity contribution >= 4 is 35.1 Å². The fourth-order valence-electron chi connectivity index (χ4n) is 2.67. The van der Waals surface area contributed by atoms with Gasteiger partial charge in [0.2, 0.25) is 0 Å². The number of nitrogens with zero attached hydrogens (tertiary/aromatic N) is 2. The van der Waals surface area contributed by atoms with E-state index in [9.17, 15) is 4.79 Å². The van der Waals surface area contributed by atoms with Gasteiger partial charge < -0.3 is 9.47 Å². The van der Waals surface area contributed by atoms with Crippen LogP contribution >= 0.6 is 11.8 Å². The molecule has 0 spiro atoms. The molecule has 1 fully saturated rings. The predicted octanol–water partition coefficient (Wildman–Crippen LogP) is 4.42. The van der Waals surface area contributed by atoms with Gasteiger partial charge in [-0.2, -0.15) is 5.10 Å². The SMILES string of the molecule is COc1ccc(/C=C2\SC(=NN=Cc3ccc(C(C)C)cc3)NC2=O)c(OC)c1. The van der Waals surface area contributed by atoms with E-state index in [2.05, 4.69) is 41.5 Å². The molecule has 0 aromatic heterocycles. The molecular formula is C22H23N3O3S. The molecule has 0 unspecified atom stereocenters. The first-order chi connectivity index (χ1) is 14.0. The minimum atomic E-state index is -0.219. The second-order valence-electron chi connectivity index (χ2n) is 6.64. The van der Waals surface area contributed by atoms with Crippen molar-refractivity contribution < 1.29 is 14.3 Å². The predicted molar refractivity (Wildman–Crippen MR) is 119 cm³/mol. The molecule has 0 radical (unpaired) electrons. The molecule has 6 nitrogen and oxygen atoms in total. The first kappa shape index (κ1) is 20.7. The van der Waals surface area contributed by atoms with Crippen LogP contribution in [0.2, 0.25) is 0 Å². The number of carbonyl (C=O) groups excluding carboxylic acids is 1. The third-order valence-corrected chi connectivity index (χ3v) is 5.24. The van der Waals surface area contributed by atoms with Gasteiger partial charge in [-0.1, -0.05) is 38.1 Å². The van der Waals surface area contributed by atoms with Gasteiger partial charge in [0.1, 0.15) is 11.5 Å². The summed E-state index contributed by atoms with van der Waals surface area (Å²) in [7, 11) is 3.17. The lowest BCUT2D eigenvalue weighted by Crippen LogP contribution is -2.19. The van der Waals surface area contributed by atoms with Crippen LogP contribution in [0.1, 0.15) is 36.5 Å². The standard InChI is InChI=1S/C22H23N3O3S/c1-14(2)16-7-5-15(6-8-16)13-23-25-22-24-21(26)20(29-22)11-17-9-10-18(27-3)12-19(17)28-4/h5-14H,1-4H3,(H,24,25,26)/b20-11-,23-13?. The lowest BCUT2D eigenvalue weighted by molar-refractivity contribution is -0.115. The van der Waals surface area contributed by atoms with Crippen LogP contribution in [0.15, 0.2) is 57.6 Å². The van der Waals surface area contributed by atoms with Crippen molar-refractivity contribution in [2.24, 2.45) is 10.2 Å². The quantitative estimate of drug-likeness (QED) is 0.435. The van der Waals surface area contributed by atoms with E-state index in [1.807, 2.05) is 24.3 Å². The topological polar surface area (TPSA) is 72.3 Å². The zero-order valence-corrected chi connectivity index (χ0v) is 17.6. The van der Waals surface area contributed by atoms with E-state index in [1.54, 1.807) is 32.6 Å². The minimum Gasteiger partial charge on any atom is -0.497 e. The Morgan fingerprint density at radius 2 is 1.83 bits per heavy atom. The van der Waals surface area contributed by atoms with E-state index in [4.69, 9.17) is 9.47 Å². The Hall–Kier alpha value is -3.06. The van der Waals surface area contributed by atoms with Gasteiger partial charge in [-0.05, 0) is 47.0 Å². The van der Waals surface area contributed by atoms with Crippen molar-refractivity contribution in [3.63, 3.8) is 0 Å². The van der Waals surface area contributed by atoms with Crippen LogP contribution in [0.4, 0.5) is 0 Å². The molecule has 1 aliphatic heterocycles. The summed E-state index contributed by atoms with van der Waals surface area (Å²) in [5, 5.41) is 11.4. The average Bonchev–Trinajstić information content (AvgIpc) is 3.07. The molecule has 0 bridgehead atoms. The van der Waals surface area contributed by atoms with Crippen molar-refractivity contribution in [2.45, 2.75) is 19.8 Å². The van der Waals surface area contributed by atoms with Gasteiger partial charge >= 0.3 is 0 Å². The van der Waals surface area contributed by atoms with Gasteiger partial charge in [-0.25, -0.2) is 0 Å². The molecular weight excluding hydrogens is 386 g/mol. The van der Waals surface area contributed by atoms with E-state index in [0.29, 0.717) is 27.5 Å². The van der Waals surface area contributed by atoms with Crippen LogP contribution in [-0.4, -0.2) is 31.5 Å². The number of methoxy groups -OCH3 is 2. The maximum Gasteiger partial charge on any atom is 0.264 e. The van der Waals surface area contributed by atoms with Crippen LogP contribution < -0.4 is 14.8 Å². The van der Waals surface area contributed by atoms with Gasteiger partial charge in [-0.15, -0.1) is 5.10 Å². The fourth-order valence-corrected chi connectivity index (χ4v) is 3.44. The Bertz CT molecular complexity index is 979. The number of carbonyl (C=O) groups is 1. The normalized spacial score (nSPS) is 16.8. The first-order valence-corrected chi connectivity index (χ1v) is 9.95. The Kier molecular flexibility index (Phi) is 6.72. The highest BCUT2D eigenvalue weighted by Crippen LogP contribution is 2.31. The van der Waals surface area contributed by atoms with Crippen molar-refractivity contribution in [1.82, 2.24) is 5.32 Å². The van der Waals surface area contributed by atoms with Crippen LogP contribution in [-0.2, 0) is 4.79 Å². The van der Waals surface area contributed by atoms with E-state index >= 15 is 0 Å². The van der Waals surface area contributed by atoms with E-state index in [-0.39, 0.29) is 5.91 Å². The number of nitrogens with one attached hydrogen (secondary N) is 1. The van der Waals surface area contributed by atoms with E-state index in [1.165, 1.54) is 17.3 Å². The zero-order valence-electron chi connectivity index (χ0n) is 16.8. The Morgan fingerprint density at radius 1 is 1.07 bits per heavy atom. The first-order valence-electron chi connectivity index (χ1n) is 9.14. The molecule has 0 aliphatic carbocycles. The molecule has 1 heterocycles. The molecule has 7 heteroatoms. The third-order valence-electron chi connectivity index (χ3n) is 4.34. The number of benzene rings is 2. The van der Waals surface area contributed by atoms with E-state index < -0.39 is 0 Å². The number of hydrogen-bond acceptors (Lipinski definition) is 6. The molecule has 29 heavy (non-hydrogen) atoms. The largest absolute Gasteiger partial charge is 0.497 e. The molecule has 2 aromatic rings. The summed E-state index contributed by atoms with van der Waals surface area (Å²) in [5.41, 5.74) is 3.00. The number of amides is 1. The number of thioether (sulfide) groups is 1. The monoisotopic (exact) mass is 409 g/mol. The molecule has 150 valence electrons. The number of amidine groups is 1. The third kappa shape index (κ3) is 5.26. The Balaban J connectivity index is 1.72. The molecule has 1 saturated heterocycles. The summed E-state index contributed by atoms with van der Waals surface area (Å²) in [6.07, 6.45) is 3.42. The average molecular weight is 410 g/mol. The molecule has 2 aromatic carbocycles. The van der Waals surface area contributed by atoms with E-state index in [0.717, 1.165) is 11.1 Å². The minimum absolute atomic E-state index is 0.219. The maximum atomic E-state index is 12.2. The highest BCUT2D eigenvalue weighted by Gasteiger charge is 2.24. The molecule has 0 atom stereocenters. The second-order valence-corrected chi connectivity index (χ2v) is 7.67. The molecule has 1 amide bonds. The summed E-state index contributed by atoms with van der Waals surface area (Å²) in [6.45, 7) is 4.31. The summed E-state index contributed by atoms with van der Waals surface area (Å²) < 4.78 is 10.6.